The average molecular weight is 375 g/mol. The zero-order valence-electron chi connectivity index (χ0n) is 10.9. The summed E-state index contributed by atoms with van der Waals surface area (Å²) in [5.74, 6) is -0.0841. The van der Waals surface area contributed by atoms with E-state index in [9.17, 15) is 13.2 Å². The van der Waals surface area contributed by atoms with Crippen molar-refractivity contribution < 1.29 is 17.6 Å². The number of nitrogens with one attached hydrogen (secondary N) is 2. The molecule has 116 valence electrons. The normalized spacial score (nSPS) is 11.8. The lowest BCUT2D eigenvalue weighted by Gasteiger charge is -2.11. The van der Waals surface area contributed by atoms with Gasteiger partial charge in [-0.3, -0.25) is 5.41 Å². The van der Waals surface area contributed by atoms with Crippen molar-refractivity contribution in [1.82, 2.24) is 5.43 Å². The summed E-state index contributed by atoms with van der Waals surface area (Å²) in [5, 5.41) is 10.5. The molecule has 9 heteroatoms. The molecule has 0 aliphatic heterocycles. The molecular formula is C13H10BrF3N4O. The van der Waals surface area contributed by atoms with E-state index in [0.717, 1.165) is 6.07 Å². The molecule has 0 atom stereocenters. The first kappa shape index (κ1) is 16.1. The third kappa shape index (κ3) is 3.88. The van der Waals surface area contributed by atoms with Crippen LogP contribution in [-0.4, -0.2) is 12.2 Å². The lowest BCUT2D eigenvalue weighted by Crippen LogP contribution is -2.25. The third-order valence-corrected chi connectivity index (χ3v) is 3.05. The number of nitrogens with two attached hydrogens (primary N) is 1. The molecule has 0 amide bonds. The van der Waals surface area contributed by atoms with Gasteiger partial charge < -0.3 is 10.2 Å². The van der Waals surface area contributed by atoms with Gasteiger partial charge in [0.1, 0.15) is 11.5 Å². The number of alkyl halides is 3. The molecule has 5 nitrogen and oxygen atoms in total. The Hall–Kier alpha value is -2.29. The van der Waals surface area contributed by atoms with E-state index < -0.39 is 11.7 Å². The highest BCUT2D eigenvalue weighted by Crippen LogP contribution is 2.39. The number of nitrogens with zero attached hydrogens (tertiary/aromatic N) is 1. The molecule has 0 unspecified atom stereocenters. The Labute approximate surface area is 131 Å². The molecule has 0 radical (unpaired) electrons. The van der Waals surface area contributed by atoms with Gasteiger partial charge >= 0.3 is 6.18 Å². The van der Waals surface area contributed by atoms with Gasteiger partial charge in [0.25, 0.3) is 0 Å². The van der Waals surface area contributed by atoms with Crippen molar-refractivity contribution in [1.29, 1.82) is 5.41 Å². The number of furan rings is 1. The summed E-state index contributed by atoms with van der Waals surface area (Å²) in [6, 6.07) is 6.68. The molecule has 2 aromatic rings. The second kappa shape index (κ2) is 6.22. The number of benzene rings is 1. The molecule has 4 N–H and O–H groups in total. The maximum absolute atomic E-state index is 13.1. The zero-order chi connectivity index (χ0) is 16.3. The van der Waals surface area contributed by atoms with Crippen molar-refractivity contribution in [3.05, 3.63) is 46.1 Å². The van der Waals surface area contributed by atoms with Crippen LogP contribution >= 0.6 is 15.9 Å². The Bertz CT molecular complexity index is 724. The Morgan fingerprint density at radius 3 is 2.68 bits per heavy atom. The highest BCUT2D eigenvalue weighted by molar-refractivity contribution is 9.10. The van der Waals surface area contributed by atoms with E-state index in [0.29, 0.717) is 4.47 Å². The van der Waals surface area contributed by atoms with E-state index in [1.165, 1.54) is 30.5 Å². The first-order chi connectivity index (χ1) is 10.3. The molecule has 0 bridgehead atoms. The van der Waals surface area contributed by atoms with E-state index in [4.69, 9.17) is 15.6 Å². The summed E-state index contributed by atoms with van der Waals surface area (Å²) in [7, 11) is 0. The molecule has 0 saturated carbocycles. The molecule has 0 fully saturated rings. The Balaban J connectivity index is 2.35. The maximum Gasteiger partial charge on any atom is 0.417 e. The quantitative estimate of drug-likeness (QED) is 0.436. The fraction of sp³-hybridized carbons (Fsp3) is 0.0769. The predicted octanol–water partition coefficient (Wildman–Crippen LogP) is 3.54. The Morgan fingerprint density at radius 1 is 1.32 bits per heavy atom. The fourth-order valence-electron chi connectivity index (χ4n) is 1.70. The number of hydrogen-bond acceptors (Lipinski definition) is 3. The van der Waals surface area contributed by atoms with Crippen molar-refractivity contribution in [2.45, 2.75) is 6.18 Å². The second-order valence-electron chi connectivity index (χ2n) is 4.17. The van der Waals surface area contributed by atoms with Crippen LogP contribution in [0.15, 0.2) is 44.3 Å². The highest BCUT2D eigenvalue weighted by atomic mass is 79.9. The van der Waals surface area contributed by atoms with E-state index in [-0.39, 0.29) is 23.0 Å². The summed E-state index contributed by atoms with van der Waals surface area (Å²) in [4.78, 5) is 0. The third-order valence-electron chi connectivity index (χ3n) is 2.56. The van der Waals surface area contributed by atoms with Gasteiger partial charge in [-0.25, -0.2) is 5.43 Å². The lowest BCUT2D eigenvalue weighted by atomic mass is 10.1. The van der Waals surface area contributed by atoms with Gasteiger partial charge in [0.2, 0.25) is 5.96 Å². The summed E-state index contributed by atoms with van der Waals surface area (Å²) in [5.41, 5.74) is 6.33. The van der Waals surface area contributed by atoms with E-state index in [1.807, 2.05) is 0 Å². The van der Waals surface area contributed by atoms with Gasteiger partial charge in [0.15, 0.2) is 0 Å². The van der Waals surface area contributed by atoms with Gasteiger partial charge in [0.05, 0.1) is 11.8 Å². The molecular weight excluding hydrogens is 365 g/mol. The number of hydrogen-bond donors (Lipinski definition) is 3. The van der Waals surface area contributed by atoms with Gasteiger partial charge in [-0.1, -0.05) is 15.9 Å². The topological polar surface area (TPSA) is 87.4 Å². The fourth-order valence-corrected chi connectivity index (χ4v) is 2.06. The second-order valence-corrected chi connectivity index (χ2v) is 5.09. The van der Waals surface area contributed by atoms with Gasteiger partial charge in [-0.05, 0) is 30.3 Å². The van der Waals surface area contributed by atoms with Crippen molar-refractivity contribution in [3.63, 3.8) is 0 Å². The number of guanidine groups is 1. The number of rotatable bonds is 3. The Kier molecular flexibility index (Phi) is 4.55. The minimum absolute atomic E-state index is 0.0594. The first-order valence-corrected chi connectivity index (χ1v) is 6.67. The van der Waals surface area contributed by atoms with Gasteiger partial charge in [0, 0.05) is 10.0 Å². The van der Waals surface area contributed by atoms with Gasteiger partial charge in [-0.2, -0.15) is 18.3 Å². The molecule has 0 spiro atoms. The van der Waals surface area contributed by atoms with Crippen LogP contribution in [0.2, 0.25) is 0 Å². The zero-order valence-corrected chi connectivity index (χ0v) is 12.5. The number of halogens is 4. The van der Waals surface area contributed by atoms with E-state index in [1.54, 1.807) is 0 Å². The summed E-state index contributed by atoms with van der Waals surface area (Å²) >= 11 is 3.02. The summed E-state index contributed by atoms with van der Waals surface area (Å²) in [6.45, 7) is 0. The van der Waals surface area contributed by atoms with Crippen LogP contribution in [0, 0.1) is 5.41 Å². The van der Waals surface area contributed by atoms with Crippen LogP contribution < -0.4 is 11.2 Å². The van der Waals surface area contributed by atoms with Gasteiger partial charge in [-0.15, -0.1) is 0 Å². The predicted molar refractivity (Wildman–Crippen MR) is 79.5 cm³/mol. The van der Waals surface area contributed by atoms with E-state index in [2.05, 4.69) is 26.5 Å². The largest absolute Gasteiger partial charge is 0.455 e. The minimum atomic E-state index is -4.50. The van der Waals surface area contributed by atoms with Crippen molar-refractivity contribution in [3.8, 4) is 11.3 Å². The van der Waals surface area contributed by atoms with Crippen LogP contribution in [0.1, 0.15) is 11.3 Å². The molecule has 1 heterocycles. The monoisotopic (exact) mass is 374 g/mol. The molecule has 22 heavy (non-hydrogen) atoms. The van der Waals surface area contributed by atoms with Crippen molar-refractivity contribution >= 4 is 28.1 Å². The molecule has 0 aliphatic carbocycles. The van der Waals surface area contributed by atoms with Crippen molar-refractivity contribution in [2.24, 2.45) is 10.8 Å². The molecule has 1 aromatic carbocycles. The lowest BCUT2D eigenvalue weighted by molar-refractivity contribution is -0.137. The van der Waals surface area contributed by atoms with Crippen molar-refractivity contribution in [2.75, 3.05) is 0 Å². The average Bonchev–Trinajstić information content (AvgIpc) is 2.86. The minimum Gasteiger partial charge on any atom is -0.455 e. The number of hydrazone groups is 1. The van der Waals surface area contributed by atoms with E-state index >= 15 is 0 Å². The summed E-state index contributed by atoms with van der Waals surface area (Å²) < 4.78 is 44.9. The first-order valence-electron chi connectivity index (χ1n) is 5.87. The van der Waals surface area contributed by atoms with Crippen LogP contribution in [0.4, 0.5) is 13.2 Å². The van der Waals surface area contributed by atoms with Crippen LogP contribution in [0.25, 0.3) is 11.3 Å². The standard InChI is InChI=1S/C13H10BrF3N4O/c14-7-1-3-9(10(5-7)13(15,16)17)11-4-2-8(22-11)6-20-21-12(18)19/h1-6H,(H4,18,19,21)/b20-6+. The highest BCUT2D eigenvalue weighted by Gasteiger charge is 2.34. The van der Waals surface area contributed by atoms with Crippen LogP contribution in [0.5, 0.6) is 0 Å². The molecule has 2 rings (SSSR count). The molecule has 0 saturated heterocycles. The van der Waals surface area contributed by atoms with Crippen LogP contribution in [-0.2, 0) is 6.18 Å². The smallest absolute Gasteiger partial charge is 0.417 e. The molecule has 0 aliphatic rings. The SMILES string of the molecule is N=C(N)N/N=C/c1ccc(-c2ccc(Br)cc2C(F)(F)F)o1. The summed E-state index contributed by atoms with van der Waals surface area (Å²) in [6.07, 6.45) is -3.30. The maximum atomic E-state index is 13.1. The Morgan fingerprint density at radius 2 is 2.05 bits per heavy atom. The molecule has 1 aromatic heterocycles. The van der Waals surface area contributed by atoms with Crippen LogP contribution in [0.3, 0.4) is 0 Å².